The lowest BCUT2D eigenvalue weighted by molar-refractivity contribution is -0.385. The molecule has 114 valence electrons. The van der Waals surface area contributed by atoms with Crippen LogP contribution in [-0.4, -0.2) is 25.5 Å². The van der Waals surface area contributed by atoms with Crippen LogP contribution in [0.5, 0.6) is 0 Å². The third kappa shape index (κ3) is 3.01. The van der Waals surface area contributed by atoms with Gasteiger partial charge in [0.1, 0.15) is 6.20 Å². The average molecular weight is 326 g/mol. The summed E-state index contributed by atoms with van der Waals surface area (Å²) in [5, 5.41) is 27.6. The highest BCUT2D eigenvalue weighted by Gasteiger charge is 2.25. The highest BCUT2D eigenvalue weighted by atomic mass is 35.5. The Kier molecular flexibility index (Phi) is 4.04. The van der Waals surface area contributed by atoms with Crippen molar-refractivity contribution in [3.05, 3.63) is 55.3 Å². The van der Waals surface area contributed by atoms with Crippen LogP contribution in [0.15, 0.2) is 24.4 Å². The smallest absolute Gasteiger partial charge is 0.319 e. The monoisotopic (exact) mass is 325 g/mol. The zero-order valence-electron chi connectivity index (χ0n) is 11.0. The third-order valence-corrected chi connectivity index (χ3v) is 2.96. The van der Waals surface area contributed by atoms with Crippen molar-refractivity contribution in [2.24, 2.45) is 7.05 Å². The first-order chi connectivity index (χ1) is 10.3. The van der Waals surface area contributed by atoms with Crippen LogP contribution in [0.25, 0.3) is 0 Å². The molecule has 0 aliphatic carbocycles. The highest BCUT2D eigenvalue weighted by Crippen LogP contribution is 2.27. The number of hydrogen-bond acceptors (Lipinski definition) is 6. The fraction of sp³-hybridized carbons (Fsp3) is 0.0909. The Morgan fingerprint density at radius 1 is 1.32 bits per heavy atom. The van der Waals surface area contributed by atoms with Gasteiger partial charge in [-0.05, 0) is 6.07 Å². The van der Waals surface area contributed by atoms with E-state index < -0.39 is 27.1 Å². The average Bonchev–Trinajstić information content (AvgIpc) is 2.83. The van der Waals surface area contributed by atoms with Crippen molar-refractivity contribution in [1.82, 2.24) is 9.78 Å². The molecule has 0 fully saturated rings. The first kappa shape index (κ1) is 15.4. The van der Waals surface area contributed by atoms with Crippen molar-refractivity contribution in [1.29, 1.82) is 0 Å². The highest BCUT2D eigenvalue weighted by molar-refractivity contribution is 6.34. The minimum Gasteiger partial charge on any atom is -0.319 e. The summed E-state index contributed by atoms with van der Waals surface area (Å²) in [5.41, 5.74) is -1.23. The molecule has 0 aliphatic rings. The van der Waals surface area contributed by atoms with Crippen LogP contribution in [0.4, 0.5) is 17.1 Å². The second kappa shape index (κ2) is 5.77. The maximum atomic E-state index is 12.1. The minimum absolute atomic E-state index is 0.0409. The van der Waals surface area contributed by atoms with Crippen LogP contribution in [0.3, 0.4) is 0 Å². The quantitative estimate of drug-likeness (QED) is 0.676. The number of rotatable bonds is 4. The third-order valence-electron chi connectivity index (χ3n) is 2.63. The van der Waals surface area contributed by atoms with E-state index in [1.165, 1.54) is 19.2 Å². The number of hydrogen-bond donors (Lipinski definition) is 1. The van der Waals surface area contributed by atoms with Gasteiger partial charge in [-0.15, -0.1) is 0 Å². The van der Waals surface area contributed by atoms with E-state index in [4.69, 9.17) is 11.6 Å². The topological polar surface area (TPSA) is 133 Å². The molecule has 1 aromatic carbocycles. The zero-order chi connectivity index (χ0) is 16.4. The number of carbonyl (C=O) groups is 1. The predicted molar refractivity (Wildman–Crippen MR) is 75.9 cm³/mol. The number of non-ortho nitro benzene ring substituents is 1. The molecule has 2 aromatic rings. The Balaban J connectivity index is 2.35. The fourth-order valence-electron chi connectivity index (χ4n) is 1.68. The molecule has 0 atom stereocenters. The number of nitrogens with zero attached hydrogens (tertiary/aromatic N) is 4. The molecule has 11 heteroatoms. The standard InChI is InChI=1S/C11H8ClN5O5/c1-15-5-9(17(21)22)10(14-15)11(18)13-8-4-6(16(19)20)2-3-7(8)12/h2-5H,1H3,(H,13,18). The van der Waals surface area contributed by atoms with E-state index in [9.17, 15) is 25.0 Å². The molecule has 1 aromatic heterocycles. The number of aromatic nitrogens is 2. The fourth-order valence-corrected chi connectivity index (χ4v) is 1.84. The molecule has 2 rings (SSSR count). The SMILES string of the molecule is Cn1cc([N+](=O)[O-])c(C(=O)Nc2cc([N+](=O)[O-])ccc2Cl)n1. The molecule has 0 bridgehead atoms. The van der Waals surface area contributed by atoms with E-state index in [0.717, 1.165) is 16.9 Å². The van der Waals surface area contributed by atoms with Crippen LogP contribution in [-0.2, 0) is 7.05 Å². The van der Waals surface area contributed by atoms with E-state index in [0.29, 0.717) is 0 Å². The van der Waals surface area contributed by atoms with E-state index in [1.807, 2.05) is 0 Å². The van der Waals surface area contributed by atoms with Gasteiger partial charge in [0, 0.05) is 19.2 Å². The van der Waals surface area contributed by atoms with Gasteiger partial charge in [0.25, 0.3) is 11.6 Å². The first-order valence-corrected chi connectivity index (χ1v) is 6.10. The number of nitrogens with one attached hydrogen (secondary N) is 1. The van der Waals surface area contributed by atoms with Crippen LogP contribution >= 0.6 is 11.6 Å². The number of benzene rings is 1. The largest absolute Gasteiger partial charge is 0.320 e. The van der Waals surface area contributed by atoms with Crippen molar-refractivity contribution in [3.8, 4) is 0 Å². The Morgan fingerprint density at radius 2 is 2.00 bits per heavy atom. The maximum Gasteiger partial charge on any atom is 0.320 e. The van der Waals surface area contributed by atoms with E-state index in [-0.39, 0.29) is 16.4 Å². The Bertz CT molecular complexity index is 787. The number of anilines is 1. The van der Waals surface area contributed by atoms with E-state index in [1.54, 1.807) is 0 Å². The van der Waals surface area contributed by atoms with Crippen LogP contribution in [0.2, 0.25) is 5.02 Å². The van der Waals surface area contributed by atoms with Gasteiger partial charge >= 0.3 is 5.69 Å². The lowest BCUT2D eigenvalue weighted by atomic mass is 10.2. The van der Waals surface area contributed by atoms with Gasteiger partial charge in [0.05, 0.1) is 20.6 Å². The molecule has 1 heterocycles. The van der Waals surface area contributed by atoms with Crippen molar-refractivity contribution in [2.75, 3.05) is 5.32 Å². The van der Waals surface area contributed by atoms with Gasteiger partial charge in [-0.1, -0.05) is 11.6 Å². The van der Waals surface area contributed by atoms with Crippen LogP contribution in [0, 0.1) is 20.2 Å². The molecule has 1 amide bonds. The number of halogens is 1. The van der Waals surface area contributed by atoms with Crippen LogP contribution < -0.4 is 5.32 Å². The Hall–Kier alpha value is -3.01. The van der Waals surface area contributed by atoms with Crippen molar-refractivity contribution >= 4 is 34.6 Å². The van der Waals surface area contributed by atoms with Gasteiger partial charge in [0.15, 0.2) is 0 Å². The Morgan fingerprint density at radius 3 is 2.59 bits per heavy atom. The summed E-state index contributed by atoms with van der Waals surface area (Å²) in [6.45, 7) is 0. The molecule has 0 radical (unpaired) electrons. The first-order valence-electron chi connectivity index (χ1n) is 5.73. The number of nitro groups is 2. The van der Waals surface area contributed by atoms with E-state index >= 15 is 0 Å². The van der Waals surface area contributed by atoms with Gasteiger partial charge in [-0.2, -0.15) is 5.10 Å². The minimum atomic E-state index is -0.894. The second-order valence-electron chi connectivity index (χ2n) is 4.17. The number of carbonyl (C=O) groups excluding carboxylic acids is 1. The van der Waals surface area contributed by atoms with Crippen molar-refractivity contribution in [2.45, 2.75) is 0 Å². The maximum absolute atomic E-state index is 12.1. The number of aryl methyl sites for hydroxylation is 1. The van der Waals surface area contributed by atoms with Crippen molar-refractivity contribution < 1.29 is 14.6 Å². The molecule has 0 saturated heterocycles. The second-order valence-corrected chi connectivity index (χ2v) is 4.58. The summed E-state index contributed by atoms with van der Waals surface area (Å²) in [6.07, 6.45) is 1.07. The molecule has 0 unspecified atom stereocenters. The summed E-state index contributed by atoms with van der Waals surface area (Å²) < 4.78 is 1.11. The Labute approximate surface area is 127 Å². The summed E-state index contributed by atoms with van der Waals surface area (Å²) in [7, 11) is 1.42. The van der Waals surface area contributed by atoms with Gasteiger partial charge < -0.3 is 5.32 Å². The van der Waals surface area contributed by atoms with Gasteiger partial charge in [-0.25, -0.2) is 0 Å². The summed E-state index contributed by atoms with van der Waals surface area (Å²) >= 11 is 5.84. The van der Waals surface area contributed by atoms with Gasteiger partial charge in [0.2, 0.25) is 5.69 Å². The summed E-state index contributed by atoms with van der Waals surface area (Å²) in [6, 6.07) is 3.46. The molecule has 22 heavy (non-hydrogen) atoms. The molecule has 10 nitrogen and oxygen atoms in total. The lowest BCUT2D eigenvalue weighted by Gasteiger charge is -2.05. The summed E-state index contributed by atoms with van der Waals surface area (Å²) in [5.74, 6) is -0.894. The van der Waals surface area contributed by atoms with Crippen LogP contribution in [0.1, 0.15) is 10.5 Å². The summed E-state index contributed by atoms with van der Waals surface area (Å²) in [4.78, 5) is 32.2. The molecular formula is C11H8ClN5O5. The predicted octanol–water partition coefficient (Wildman–Crippen LogP) is 2.14. The molecular weight excluding hydrogens is 318 g/mol. The van der Waals surface area contributed by atoms with Crippen molar-refractivity contribution in [3.63, 3.8) is 0 Å². The zero-order valence-corrected chi connectivity index (χ0v) is 11.8. The normalized spacial score (nSPS) is 10.3. The number of nitro benzene ring substituents is 1. The number of amides is 1. The lowest BCUT2D eigenvalue weighted by Crippen LogP contribution is -2.15. The molecule has 0 aliphatic heterocycles. The van der Waals surface area contributed by atoms with Gasteiger partial charge in [-0.3, -0.25) is 29.7 Å². The molecule has 0 spiro atoms. The molecule has 1 N–H and O–H groups in total. The molecule has 0 saturated carbocycles. The van der Waals surface area contributed by atoms with E-state index in [2.05, 4.69) is 10.4 Å².